The number of nitrogens with zero attached hydrogens (tertiary/aromatic N) is 1. The van der Waals surface area contributed by atoms with Crippen LogP contribution in [0, 0.1) is 17.1 Å². The predicted octanol–water partition coefficient (Wildman–Crippen LogP) is 4.24. The Bertz CT molecular complexity index is 738. The highest BCUT2D eigenvalue weighted by Crippen LogP contribution is 2.25. The number of hydrogen-bond acceptors (Lipinski definition) is 3. The van der Waals surface area contributed by atoms with E-state index in [9.17, 15) is 9.18 Å². The highest BCUT2D eigenvalue weighted by molar-refractivity contribution is 9.10. The lowest BCUT2D eigenvalue weighted by molar-refractivity contribution is 0.101. The second-order valence-electron chi connectivity index (χ2n) is 4.38. The smallest absolute Gasteiger partial charge is 0.163 e. The van der Waals surface area contributed by atoms with Crippen LogP contribution in [-0.4, -0.2) is 5.78 Å². The number of halogens is 2. The Kier molecular flexibility index (Phi) is 4.71. The first-order chi connectivity index (χ1) is 10.0. The molecule has 0 aliphatic carbocycles. The average Bonchev–Trinajstić information content (AvgIpc) is 2.46. The summed E-state index contributed by atoms with van der Waals surface area (Å²) in [5, 5.41) is 8.80. The van der Waals surface area contributed by atoms with E-state index in [-0.39, 0.29) is 23.5 Å². The quantitative estimate of drug-likeness (QED) is 0.777. The number of Topliss-reactive ketones (excluding diaryl/α,β-unsaturated/α-hetero) is 1. The summed E-state index contributed by atoms with van der Waals surface area (Å²) in [6.45, 7) is 1.38. The van der Waals surface area contributed by atoms with Gasteiger partial charge < -0.3 is 4.74 Å². The fourth-order valence-electron chi connectivity index (χ4n) is 1.84. The minimum atomic E-state index is -0.598. The van der Waals surface area contributed by atoms with Crippen molar-refractivity contribution in [3.05, 3.63) is 63.4 Å². The number of hydrogen-bond donors (Lipinski definition) is 0. The third kappa shape index (κ3) is 3.47. The zero-order chi connectivity index (χ0) is 15.4. The van der Waals surface area contributed by atoms with Crippen LogP contribution in [0.25, 0.3) is 0 Å². The predicted molar refractivity (Wildman–Crippen MR) is 79.6 cm³/mol. The Morgan fingerprint density at radius 3 is 2.81 bits per heavy atom. The van der Waals surface area contributed by atoms with E-state index in [1.165, 1.54) is 13.0 Å². The van der Waals surface area contributed by atoms with Crippen molar-refractivity contribution in [1.29, 1.82) is 5.26 Å². The van der Waals surface area contributed by atoms with Crippen LogP contribution in [-0.2, 0) is 6.61 Å². The van der Waals surface area contributed by atoms with Crippen LogP contribution in [0.3, 0.4) is 0 Å². The van der Waals surface area contributed by atoms with Crippen LogP contribution in [0.4, 0.5) is 4.39 Å². The van der Waals surface area contributed by atoms with E-state index in [0.29, 0.717) is 11.3 Å². The monoisotopic (exact) mass is 347 g/mol. The SMILES string of the molecule is CC(=O)c1ccc(Br)cc1OCc1cccc(C#N)c1F. The molecule has 106 valence electrons. The van der Waals surface area contributed by atoms with E-state index < -0.39 is 5.82 Å². The molecule has 0 amide bonds. The fourth-order valence-corrected chi connectivity index (χ4v) is 2.18. The van der Waals surface area contributed by atoms with Gasteiger partial charge in [-0.25, -0.2) is 4.39 Å². The Morgan fingerprint density at radius 1 is 1.38 bits per heavy atom. The van der Waals surface area contributed by atoms with Crippen molar-refractivity contribution in [3.8, 4) is 11.8 Å². The first-order valence-electron chi connectivity index (χ1n) is 6.13. The van der Waals surface area contributed by atoms with Gasteiger partial charge in [-0.1, -0.05) is 28.1 Å². The molecule has 0 heterocycles. The van der Waals surface area contributed by atoms with Crippen molar-refractivity contribution in [2.75, 3.05) is 0 Å². The Hall–Kier alpha value is -2.19. The molecule has 2 rings (SSSR count). The standard InChI is InChI=1S/C16H11BrFNO2/c1-10(20)14-6-5-13(17)7-15(14)21-9-12-4-2-3-11(8-19)16(12)18/h2-7H,9H2,1H3. The highest BCUT2D eigenvalue weighted by atomic mass is 79.9. The second kappa shape index (κ2) is 6.51. The largest absolute Gasteiger partial charge is 0.488 e. The molecule has 0 radical (unpaired) electrons. The molecule has 0 saturated heterocycles. The van der Waals surface area contributed by atoms with Gasteiger partial charge in [0, 0.05) is 10.0 Å². The number of carbonyl (C=O) groups is 1. The maximum absolute atomic E-state index is 13.9. The summed E-state index contributed by atoms with van der Waals surface area (Å²) < 4.78 is 20.2. The molecule has 21 heavy (non-hydrogen) atoms. The van der Waals surface area contributed by atoms with Crippen LogP contribution in [0.1, 0.15) is 28.4 Å². The summed E-state index contributed by atoms with van der Waals surface area (Å²) in [5.41, 5.74) is 0.663. The summed E-state index contributed by atoms with van der Waals surface area (Å²) in [7, 11) is 0. The minimum Gasteiger partial charge on any atom is -0.488 e. The second-order valence-corrected chi connectivity index (χ2v) is 5.29. The van der Waals surface area contributed by atoms with Crippen LogP contribution in [0.15, 0.2) is 40.9 Å². The molecular formula is C16H11BrFNO2. The van der Waals surface area contributed by atoms with Crippen molar-refractivity contribution >= 4 is 21.7 Å². The zero-order valence-corrected chi connectivity index (χ0v) is 12.8. The molecule has 0 saturated carbocycles. The van der Waals surface area contributed by atoms with Crippen LogP contribution in [0.5, 0.6) is 5.75 Å². The van der Waals surface area contributed by atoms with Gasteiger partial charge in [-0.2, -0.15) is 5.26 Å². The molecule has 3 nitrogen and oxygen atoms in total. The topological polar surface area (TPSA) is 50.1 Å². The number of rotatable bonds is 4. The summed E-state index contributed by atoms with van der Waals surface area (Å²) >= 11 is 3.30. The van der Waals surface area contributed by atoms with Gasteiger partial charge in [0.05, 0.1) is 11.1 Å². The van der Waals surface area contributed by atoms with Gasteiger partial charge in [0.25, 0.3) is 0 Å². The molecule has 0 N–H and O–H groups in total. The normalized spacial score (nSPS) is 10.0. The molecule has 0 aliphatic rings. The van der Waals surface area contributed by atoms with E-state index >= 15 is 0 Å². The van der Waals surface area contributed by atoms with Gasteiger partial charge in [0.2, 0.25) is 0 Å². The summed E-state index contributed by atoms with van der Waals surface area (Å²) in [4.78, 5) is 11.5. The fraction of sp³-hybridized carbons (Fsp3) is 0.125. The molecule has 5 heteroatoms. The van der Waals surface area contributed by atoms with Crippen molar-refractivity contribution in [3.63, 3.8) is 0 Å². The molecule has 0 atom stereocenters. The Balaban J connectivity index is 2.27. The summed E-state index contributed by atoms with van der Waals surface area (Å²) in [6, 6.07) is 11.4. The molecule has 0 unspecified atom stereocenters. The van der Waals surface area contributed by atoms with Crippen LogP contribution < -0.4 is 4.74 Å². The van der Waals surface area contributed by atoms with Gasteiger partial charge in [0.1, 0.15) is 24.2 Å². The zero-order valence-electron chi connectivity index (χ0n) is 11.2. The molecule has 0 aromatic heterocycles. The van der Waals surface area contributed by atoms with Crippen LogP contribution >= 0.6 is 15.9 Å². The van der Waals surface area contributed by atoms with E-state index in [2.05, 4.69) is 15.9 Å². The van der Waals surface area contributed by atoms with E-state index in [4.69, 9.17) is 10.00 Å². The van der Waals surface area contributed by atoms with Gasteiger partial charge >= 0.3 is 0 Å². The van der Waals surface area contributed by atoms with Gasteiger partial charge in [0.15, 0.2) is 5.78 Å². The molecule has 0 spiro atoms. The van der Waals surface area contributed by atoms with Gasteiger partial charge in [-0.15, -0.1) is 0 Å². The summed E-state index contributed by atoms with van der Waals surface area (Å²) in [6.07, 6.45) is 0. The Morgan fingerprint density at radius 2 is 2.14 bits per heavy atom. The van der Waals surface area contributed by atoms with Crippen molar-refractivity contribution in [2.24, 2.45) is 0 Å². The van der Waals surface area contributed by atoms with Crippen LogP contribution in [0.2, 0.25) is 0 Å². The van der Waals surface area contributed by atoms with E-state index in [1.807, 2.05) is 0 Å². The average molecular weight is 348 g/mol. The van der Waals surface area contributed by atoms with Crippen molar-refractivity contribution in [2.45, 2.75) is 13.5 Å². The lowest BCUT2D eigenvalue weighted by Gasteiger charge is -2.11. The van der Waals surface area contributed by atoms with E-state index in [0.717, 1.165) is 4.47 Å². The molecule has 2 aromatic rings. The number of nitriles is 1. The third-order valence-electron chi connectivity index (χ3n) is 2.91. The Labute approximate surface area is 130 Å². The number of ether oxygens (including phenoxy) is 1. The summed E-state index contributed by atoms with van der Waals surface area (Å²) in [5.74, 6) is -0.359. The molecular weight excluding hydrogens is 337 g/mol. The minimum absolute atomic E-state index is 0.0304. The third-order valence-corrected chi connectivity index (χ3v) is 3.40. The van der Waals surface area contributed by atoms with Crippen molar-refractivity contribution < 1.29 is 13.9 Å². The molecule has 0 bridgehead atoms. The van der Waals surface area contributed by atoms with Gasteiger partial charge in [-0.05, 0) is 31.2 Å². The number of benzene rings is 2. The van der Waals surface area contributed by atoms with Gasteiger partial charge in [-0.3, -0.25) is 4.79 Å². The highest BCUT2D eigenvalue weighted by Gasteiger charge is 2.12. The molecule has 2 aromatic carbocycles. The first kappa shape index (κ1) is 15.2. The lowest BCUT2D eigenvalue weighted by Crippen LogP contribution is -2.04. The maximum Gasteiger partial charge on any atom is 0.163 e. The van der Waals surface area contributed by atoms with E-state index in [1.54, 1.807) is 36.4 Å². The molecule has 0 aliphatic heterocycles. The maximum atomic E-state index is 13.9. The number of ketones is 1. The lowest BCUT2D eigenvalue weighted by atomic mass is 10.1. The number of carbonyl (C=O) groups excluding carboxylic acids is 1. The van der Waals surface area contributed by atoms with Crippen molar-refractivity contribution in [1.82, 2.24) is 0 Å². The molecule has 0 fully saturated rings. The first-order valence-corrected chi connectivity index (χ1v) is 6.93.